The number of rotatable bonds is 37. The molecule has 5 nitrogen and oxygen atoms in total. The molecule has 5 heteroatoms. The van der Waals surface area contributed by atoms with Gasteiger partial charge in [0.05, 0.1) is 6.61 Å². The fourth-order valence-corrected chi connectivity index (χ4v) is 5.95. The van der Waals surface area contributed by atoms with Crippen molar-refractivity contribution in [1.29, 1.82) is 0 Å². The first-order chi connectivity index (χ1) is 22.6. The maximum absolute atomic E-state index is 12.2. The Labute approximate surface area is 286 Å². The molecule has 0 saturated heterocycles. The maximum atomic E-state index is 12.2. The fourth-order valence-electron chi connectivity index (χ4n) is 5.95. The van der Waals surface area contributed by atoms with E-state index in [0.29, 0.717) is 12.8 Å². The van der Waals surface area contributed by atoms with Crippen LogP contribution in [0.15, 0.2) is 12.2 Å². The summed E-state index contributed by atoms with van der Waals surface area (Å²) in [6.07, 6.45) is 42.8. The summed E-state index contributed by atoms with van der Waals surface area (Å²) in [5.41, 5.74) is 0. The van der Waals surface area contributed by atoms with Crippen molar-refractivity contribution in [3.05, 3.63) is 12.2 Å². The minimum atomic E-state index is -0.767. The minimum absolute atomic E-state index is 0.0647. The van der Waals surface area contributed by atoms with E-state index in [9.17, 15) is 14.7 Å². The van der Waals surface area contributed by atoms with Crippen LogP contribution in [0.4, 0.5) is 0 Å². The Balaban J connectivity index is 3.47. The van der Waals surface area contributed by atoms with E-state index in [2.05, 4.69) is 26.0 Å². The van der Waals surface area contributed by atoms with Gasteiger partial charge in [-0.2, -0.15) is 0 Å². The molecule has 0 heterocycles. The van der Waals surface area contributed by atoms with Gasteiger partial charge in [0.2, 0.25) is 0 Å². The van der Waals surface area contributed by atoms with Gasteiger partial charge in [0, 0.05) is 12.8 Å². The molecule has 0 aromatic carbocycles. The zero-order valence-corrected chi connectivity index (χ0v) is 30.9. The standard InChI is InChI=1S/C41H78O5/c1-3-5-7-9-11-13-15-16-17-18-19-20-21-22-23-24-26-28-30-32-34-36-41(44)46-39(37-42)38-45-40(43)35-33-31-29-27-25-14-12-10-8-6-4-2/h10,12,39,42H,3-9,11,13-38H2,1-2H3/t39-/m0/s1. The lowest BCUT2D eigenvalue weighted by Crippen LogP contribution is -2.28. The van der Waals surface area contributed by atoms with Gasteiger partial charge in [-0.25, -0.2) is 0 Å². The molecule has 0 aliphatic rings. The van der Waals surface area contributed by atoms with Gasteiger partial charge in [-0.05, 0) is 32.1 Å². The van der Waals surface area contributed by atoms with Crippen molar-refractivity contribution in [2.24, 2.45) is 0 Å². The van der Waals surface area contributed by atoms with Crippen LogP contribution < -0.4 is 0 Å². The lowest BCUT2D eigenvalue weighted by molar-refractivity contribution is -0.161. The third-order valence-corrected chi connectivity index (χ3v) is 9.06. The normalized spacial score (nSPS) is 12.2. The summed E-state index contributed by atoms with van der Waals surface area (Å²) in [6.45, 7) is 4.11. The highest BCUT2D eigenvalue weighted by atomic mass is 16.6. The second-order valence-corrected chi connectivity index (χ2v) is 13.7. The van der Waals surface area contributed by atoms with Crippen LogP contribution in [0.25, 0.3) is 0 Å². The molecular formula is C41H78O5. The molecule has 0 fully saturated rings. The molecule has 0 rings (SSSR count). The zero-order valence-electron chi connectivity index (χ0n) is 30.9. The molecule has 1 N–H and O–H groups in total. The van der Waals surface area contributed by atoms with E-state index < -0.39 is 6.10 Å². The molecule has 0 radical (unpaired) electrons. The van der Waals surface area contributed by atoms with Gasteiger partial charge in [0.25, 0.3) is 0 Å². The Morgan fingerprint density at radius 1 is 0.478 bits per heavy atom. The molecule has 1 atom stereocenters. The number of esters is 2. The van der Waals surface area contributed by atoms with Crippen LogP contribution in [0, 0.1) is 0 Å². The molecule has 0 aliphatic carbocycles. The van der Waals surface area contributed by atoms with Crippen LogP contribution in [0.2, 0.25) is 0 Å². The Morgan fingerprint density at radius 2 is 0.826 bits per heavy atom. The van der Waals surface area contributed by atoms with Crippen molar-refractivity contribution in [1.82, 2.24) is 0 Å². The van der Waals surface area contributed by atoms with Gasteiger partial charge >= 0.3 is 11.9 Å². The second-order valence-electron chi connectivity index (χ2n) is 13.7. The van der Waals surface area contributed by atoms with Gasteiger partial charge in [-0.3, -0.25) is 9.59 Å². The summed E-state index contributed by atoms with van der Waals surface area (Å²) in [4.78, 5) is 24.2. The highest BCUT2D eigenvalue weighted by molar-refractivity contribution is 5.70. The summed E-state index contributed by atoms with van der Waals surface area (Å²) in [5, 5.41) is 9.54. The number of allylic oxidation sites excluding steroid dienone is 2. The fraction of sp³-hybridized carbons (Fsp3) is 0.902. The number of ether oxygens (including phenoxy) is 2. The lowest BCUT2D eigenvalue weighted by atomic mass is 10.0. The number of aliphatic hydroxyl groups is 1. The van der Waals surface area contributed by atoms with E-state index >= 15 is 0 Å². The number of carbonyl (C=O) groups excluding carboxylic acids is 2. The number of hydrogen-bond acceptors (Lipinski definition) is 5. The highest BCUT2D eigenvalue weighted by Gasteiger charge is 2.16. The summed E-state index contributed by atoms with van der Waals surface area (Å²) in [5.74, 6) is -0.592. The first kappa shape index (κ1) is 44.6. The summed E-state index contributed by atoms with van der Waals surface area (Å²) < 4.78 is 10.6. The molecule has 0 amide bonds. The average Bonchev–Trinajstić information content (AvgIpc) is 3.06. The van der Waals surface area contributed by atoms with Crippen molar-refractivity contribution in [2.45, 2.75) is 225 Å². The molecule has 0 aromatic rings. The van der Waals surface area contributed by atoms with Crippen LogP contribution in [0.5, 0.6) is 0 Å². The largest absolute Gasteiger partial charge is 0.462 e. The average molecular weight is 651 g/mol. The topological polar surface area (TPSA) is 72.8 Å². The van der Waals surface area contributed by atoms with E-state index in [4.69, 9.17) is 9.47 Å². The van der Waals surface area contributed by atoms with Crippen LogP contribution in [0.1, 0.15) is 219 Å². The molecule has 0 spiro atoms. The van der Waals surface area contributed by atoms with Crippen LogP contribution >= 0.6 is 0 Å². The quantitative estimate of drug-likeness (QED) is 0.0411. The van der Waals surface area contributed by atoms with Crippen LogP contribution in [0.3, 0.4) is 0 Å². The number of carbonyl (C=O) groups is 2. The van der Waals surface area contributed by atoms with E-state index in [1.165, 1.54) is 148 Å². The van der Waals surface area contributed by atoms with Gasteiger partial charge in [-0.1, -0.05) is 187 Å². The van der Waals surface area contributed by atoms with Gasteiger partial charge in [0.15, 0.2) is 6.10 Å². The monoisotopic (exact) mass is 651 g/mol. The zero-order chi connectivity index (χ0) is 33.6. The molecule has 0 aromatic heterocycles. The Hall–Kier alpha value is -1.36. The third-order valence-electron chi connectivity index (χ3n) is 9.06. The van der Waals surface area contributed by atoms with E-state index in [0.717, 1.165) is 44.9 Å². The summed E-state index contributed by atoms with van der Waals surface area (Å²) >= 11 is 0. The smallest absolute Gasteiger partial charge is 0.306 e. The van der Waals surface area contributed by atoms with Gasteiger partial charge in [0.1, 0.15) is 6.61 Å². The number of unbranched alkanes of at least 4 members (excludes halogenated alkanes) is 27. The Kier molecular flexibility index (Phi) is 37.0. The second kappa shape index (κ2) is 38.1. The van der Waals surface area contributed by atoms with Gasteiger partial charge < -0.3 is 14.6 Å². The molecule has 0 saturated carbocycles. The molecule has 0 unspecified atom stereocenters. The first-order valence-corrected chi connectivity index (χ1v) is 20.2. The minimum Gasteiger partial charge on any atom is -0.462 e. The van der Waals surface area contributed by atoms with Crippen molar-refractivity contribution in [3.63, 3.8) is 0 Å². The van der Waals surface area contributed by atoms with Crippen molar-refractivity contribution < 1.29 is 24.2 Å². The Morgan fingerprint density at radius 3 is 1.24 bits per heavy atom. The SMILES string of the molecule is CCCCC=CCCCCCCCC(=O)OC[C@H](CO)OC(=O)CCCCCCCCCCCCCCCCCCCCCCC. The summed E-state index contributed by atoms with van der Waals surface area (Å²) in [7, 11) is 0. The van der Waals surface area contributed by atoms with Crippen molar-refractivity contribution in [3.8, 4) is 0 Å². The lowest BCUT2D eigenvalue weighted by Gasteiger charge is -2.15. The molecule has 272 valence electrons. The van der Waals surface area contributed by atoms with Crippen LogP contribution in [-0.4, -0.2) is 36.4 Å². The van der Waals surface area contributed by atoms with Crippen molar-refractivity contribution in [2.75, 3.05) is 13.2 Å². The first-order valence-electron chi connectivity index (χ1n) is 20.2. The van der Waals surface area contributed by atoms with E-state index in [1.54, 1.807) is 0 Å². The van der Waals surface area contributed by atoms with Crippen molar-refractivity contribution >= 4 is 11.9 Å². The van der Waals surface area contributed by atoms with Gasteiger partial charge in [-0.15, -0.1) is 0 Å². The molecular weight excluding hydrogens is 572 g/mol. The molecule has 0 aliphatic heterocycles. The number of hydrogen-bond donors (Lipinski definition) is 1. The Bertz CT molecular complexity index is 661. The third kappa shape index (κ3) is 35.5. The maximum Gasteiger partial charge on any atom is 0.306 e. The van der Waals surface area contributed by atoms with E-state index in [1.807, 2.05) is 0 Å². The molecule has 0 bridgehead atoms. The van der Waals surface area contributed by atoms with Crippen LogP contribution in [-0.2, 0) is 19.1 Å². The van der Waals surface area contributed by atoms with E-state index in [-0.39, 0.29) is 25.2 Å². The molecule has 46 heavy (non-hydrogen) atoms. The predicted molar refractivity (Wildman–Crippen MR) is 196 cm³/mol. The number of aliphatic hydroxyl groups excluding tert-OH is 1. The predicted octanol–water partition coefficient (Wildman–Crippen LogP) is 12.5. The summed E-state index contributed by atoms with van der Waals surface area (Å²) in [6, 6.07) is 0. The highest BCUT2D eigenvalue weighted by Crippen LogP contribution is 2.16.